The summed E-state index contributed by atoms with van der Waals surface area (Å²) in [4.78, 5) is 28.1. The van der Waals surface area contributed by atoms with Gasteiger partial charge >= 0.3 is 0 Å². The number of aromatic nitrogens is 1. The highest BCUT2D eigenvalue weighted by molar-refractivity contribution is 5.94. The van der Waals surface area contributed by atoms with Crippen LogP contribution in [-0.2, 0) is 6.54 Å². The molecule has 3 heterocycles. The van der Waals surface area contributed by atoms with Crippen LogP contribution >= 0.6 is 0 Å². The number of hydrogen-bond acceptors (Lipinski definition) is 3. The molecule has 3 aromatic carbocycles. The molecule has 0 N–H and O–H groups in total. The van der Waals surface area contributed by atoms with Crippen molar-refractivity contribution >= 4 is 16.7 Å². The molecule has 0 spiro atoms. The molecule has 0 saturated carbocycles. The third-order valence-corrected chi connectivity index (χ3v) is 7.20. The molecule has 0 radical (unpaired) electrons. The second-order valence-corrected chi connectivity index (χ2v) is 9.34. The Hall–Kier alpha value is -4.17. The van der Waals surface area contributed by atoms with E-state index in [1.54, 1.807) is 30.3 Å². The molecule has 1 fully saturated rings. The molecule has 6 rings (SSSR count). The van der Waals surface area contributed by atoms with Gasteiger partial charge in [0.2, 0.25) is 0 Å². The molecular weight excluding hydrogens is 422 g/mol. The zero-order valence-corrected chi connectivity index (χ0v) is 18.6. The Morgan fingerprint density at radius 1 is 0.882 bits per heavy atom. The minimum atomic E-state index is -0.0156. The van der Waals surface area contributed by atoms with Crippen molar-refractivity contribution < 1.29 is 4.79 Å². The van der Waals surface area contributed by atoms with Crippen molar-refractivity contribution in [3.05, 3.63) is 106 Å². The van der Waals surface area contributed by atoms with Crippen LogP contribution in [0.15, 0.2) is 83.7 Å². The molecule has 34 heavy (non-hydrogen) atoms. The average Bonchev–Trinajstić information content (AvgIpc) is 2.88. The number of piperidine rings is 1. The Bertz CT molecular complexity index is 1530. The molecule has 5 nitrogen and oxygen atoms in total. The first-order valence-corrected chi connectivity index (χ1v) is 11.6. The van der Waals surface area contributed by atoms with Crippen LogP contribution in [-0.4, -0.2) is 28.5 Å². The summed E-state index contributed by atoms with van der Waals surface area (Å²) in [6, 6.07) is 27.3. The Balaban J connectivity index is 1.39. The largest absolute Gasteiger partial charge is 0.338 e. The van der Waals surface area contributed by atoms with Crippen LogP contribution in [0.2, 0.25) is 0 Å². The number of benzene rings is 3. The maximum atomic E-state index is 13.3. The monoisotopic (exact) mass is 445 g/mol. The van der Waals surface area contributed by atoms with Gasteiger partial charge in [-0.25, -0.2) is 0 Å². The van der Waals surface area contributed by atoms with E-state index in [0.29, 0.717) is 30.8 Å². The smallest absolute Gasteiger partial charge is 0.253 e. The maximum Gasteiger partial charge on any atom is 0.253 e. The van der Waals surface area contributed by atoms with E-state index in [1.165, 1.54) is 10.8 Å². The first-order valence-electron chi connectivity index (χ1n) is 11.6. The number of carbonyl (C=O) groups excluding carboxylic acids is 1. The highest BCUT2D eigenvalue weighted by atomic mass is 16.2. The molecule has 1 aromatic heterocycles. The van der Waals surface area contributed by atoms with Gasteiger partial charge in [0.15, 0.2) is 0 Å². The lowest BCUT2D eigenvalue weighted by Gasteiger charge is -2.43. The van der Waals surface area contributed by atoms with Gasteiger partial charge in [0, 0.05) is 48.4 Å². The fourth-order valence-corrected chi connectivity index (χ4v) is 5.65. The lowest BCUT2D eigenvalue weighted by atomic mass is 9.80. The van der Waals surface area contributed by atoms with Gasteiger partial charge in [-0.3, -0.25) is 9.59 Å². The van der Waals surface area contributed by atoms with E-state index in [2.05, 4.69) is 36.4 Å². The molecule has 2 atom stereocenters. The molecule has 2 aliphatic heterocycles. The Morgan fingerprint density at radius 3 is 2.47 bits per heavy atom. The number of rotatable bonds is 2. The summed E-state index contributed by atoms with van der Waals surface area (Å²) in [6.45, 7) is 1.85. The van der Waals surface area contributed by atoms with Crippen molar-refractivity contribution in [2.24, 2.45) is 5.92 Å². The third kappa shape index (κ3) is 3.39. The van der Waals surface area contributed by atoms with Crippen LogP contribution in [0.5, 0.6) is 0 Å². The SMILES string of the molecule is N#Cc1ccc(C(=O)N2CC3CC(C2)c2c(-c4ccc5ccccc5c4)ccc(=O)n2C3)cc1. The number of nitrogens with zero attached hydrogens (tertiary/aromatic N) is 3. The number of likely N-dealkylation sites (tertiary alicyclic amines) is 1. The number of fused-ring (bicyclic) bond motifs is 5. The number of hydrogen-bond donors (Lipinski definition) is 0. The summed E-state index contributed by atoms with van der Waals surface area (Å²) in [5, 5.41) is 11.4. The van der Waals surface area contributed by atoms with Crippen LogP contribution in [0.25, 0.3) is 21.9 Å². The van der Waals surface area contributed by atoms with E-state index >= 15 is 0 Å². The molecule has 4 aromatic rings. The topological polar surface area (TPSA) is 66.1 Å². The second kappa shape index (κ2) is 8.00. The van der Waals surface area contributed by atoms with E-state index in [4.69, 9.17) is 5.26 Å². The zero-order chi connectivity index (χ0) is 23.2. The van der Waals surface area contributed by atoms with Gasteiger partial charge in [0.1, 0.15) is 0 Å². The van der Waals surface area contributed by atoms with Crippen LogP contribution < -0.4 is 5.56 Å². The van der Waals surface area contributed by atoms with Crippen molar-refractivity contribution in [2.45, 2.75) is 18.9 Å². The van der Waals surface area contributed by atoms with E-state index in [0.717, 1.165) is 23.2 Å². The van der Waals surface area contributed by atoms with Crippen LogP contribution in [0.4, 0.5) is 0 Å². The molecule has 2 bridgehead atoms. The van der Waals surface area contributed by atoms with E-state index in [9.17, 15) is 9.59 Å². The highest BCUT2D eigenvalue weighted by Crippen LogP contribution is 2.40. The van der Waals surface area contributed by atoms with Crippen molar-refractivity contribution in [3.63, 3.8) is 0 Å². The minimum absolute atomic E-state index is 0.0156. The van der Waals surface area contributed by atoms with Crippen LogP contribution in [0.3, 0.4) is 0 Å². The summed E-state index contributed by atoms with van der Waals surface area (Å²) in [6.07, 6.45) is 0.973. The fourth-order valence-electron chi connectivity index (χ4n) is 5.65. The van der Waals surface area contributed by atoms with Gasteiger partial charge in [-0.1, -0.05) is 36.4 Å². The van der Waals surface area contributed by atoms with Gasteiger partial charge in [-0.05, 0) is 65.1 Å². The highest BCUT2D eigenvalue weighted by Gasteiger charge is 2.38. The van der Waals surface area contributed by atoms with Crippen LogP contribution in [0, 0.1) is 17.2 Å². The van der Waals surface area contributed by atoms with Crippen molar-refractivity contribution in [1.82, 2.24) is 9.47 Å². The van der Waals surface area contributed by atoms with E-state index in [1.807, 2.05) is 27.7 Å². The fraction of sp³-hybridized carbons (Fsp3) is 0.207. The normalized spacial score (nSPS) is 18.9. The van der Waals surface area contributed by atoms with E-state index < -0.39 is 0 Å². The third-order valence-electron chi connectivity index (χ3n) is 7.20. The lowest BCUT2D eigenvalue weighted by Crippen LogP contribution is -2.49. The molecule has 1 saturated heterocycles. The molecular formula is C29H23N3O2. The number of amides is 1. The standard InChI is InChI=1S/C29H23N3O2/c30-15-19-5-7-22(8-6-19)29(34)31-16-20-13-25(18-31)28-26(11-12-27(33)32(28)17-20)24-10-9-21-3-1-2-4-23(21)14-24/h1-12,14,20,25H,13,16-18H2. The Kier molecular flexibility index (Phi) is 4.81. The maximum absolute atomic E-state index is 13.3. The minimum Gasteiger partial charge on any atom is -0.338 e. The molecule has 166 valence electrons. The second-order valence-electron chi connectivity index (χ2n) is 9.34. The number of pyridine rings is 1. The van der Waals surface area contributed by atoms with Gasteiger partial charge in [-0.15, -0.1) is 0 Å². The van der Waals surface area contributed by atoms with Gasteiger partial charge in [-0.2, -0.15) is 5.26 Å². The summed E-state index contributed by atoms with van der Waals surface area (Å²) in [7, 11) is 0. The first kappa shape index (κ1) is 20.4. The molecule has 0 aliphatic carbocycles. The molecule has 2 aliphatic rings. The Morgan fingerprint density at radius 2 is 1.68 bits per heavy atom. The first-order chi connectivity index (χ1) is 16.6. The van der Waals surface area contributed by atoms with Gasteiger partial charge < -0.3 is 9.47 Å². The Labute approximate surface area is 197 Å². The zero-order valence-electron chi connectivity index (χ0n) is 18.6. The molecule has 2 unspecified atom stereocenters. The number of nitriles is 1. The summed E-state index contributed by atoms with van der Waals surface area (Å²) in [5.74, 6) is 0.335. The predicted octanol–water partition coefficient (Wildman–Crippen LogP) is 4.80. The van der Waals surface area contributed by atoms with Crippen LogP contribution in [0.1, 0.15) is 34.0 Å². The van der Waals surface area contributed by atoms with Crippen molar-refractivity contribution in [3.8, 4) is 17.2 Å². The van der Waals surface area contributed by atoms with E-state index in [-0.39, 0.29) is 23.3 Å². The molecule has 1 amide bonds. The van der Waals surface area contributed by atoms with Gasteiger partial charge in [0.05, 0.1) is 11.6 Å². The summed E-state index contributed by atoms with van der Waals surface area (Å²) >= 11 is 0. The predicted molar refractivity (Wildman–Crippen MR) is 132 cm³/mol. The lowest BCUT2D eigenvalue weighted by molar-refractivity contribution is 0.0595. The van der Waals surface area contributed by atoms with Gasteiger partial charge in [0.25, 0.3) is 11.5 Å². The average molecular weight is 446 g/mol. The summed E-state index contributed by atoms with van der Waals surface area (Å²) in [5.41, 5.74) is 4.37. The quantitative estimate of drug-likeness (QED) is 0.445. The van der Waals surface area contributed by atoms with Crippen molar-refractivity contribution in [1.29, 1.82) is 5.26 Å². The summed E-state index contributed by atoms with van der Waals surface area (Å²) < 4.78 is 1.94. The molecule has 5 heteroatoms. The number of carbonyl (C=O) groups is 1. The van der Waals surface area contributed by atoms with Crippen molar-refractivity contribution in [2.75, 3.05) is 13.1 Å².